The summed E-state index contributed by atoms with van der Waals surface area (Å²) in [6.07, 6.45) is 5.33. The molecular formula is C20H25N5OS. The van der Waals surface area contributed by atoms with E-state index in [4.69, 9.17) is 4.98 Å². The maximum absolute atomic E-state index is 12.6. The molecule has 0 unspecified atom stereocenters. The summed E-state index contributed by atoms with van der Waals surface area (Å²) in [7, 11) is 3.73. The smallest absolute Gasteiger partial charge is 0.257 e. The van der Waals surface area contributed by atoms with Crippen LogP contribution in [0.4, 0.5) is 5.13 Å². The normalized spacial score (nSPS) is 15.5. The molecule has 1 fully saturated rings. The number of aryl methyl sites for hydroxylation is 3. The second-order valence-corrected chi connectivity index (χ2v) is 8.39. The van der Waals surface area contributed by atoms with Crippen LogP contribution in [0.5, 0.6) is 0 Å². The third-order valence-corrected chi connectivity index (χ3v) is 6.74. The Morgan fingerprint density at radius 2 is 1.93 bits per heavy atom. The second kappa shape index (κ2) is 6.96. The van der Waals surface area contributed by atoms with E-state index in [1.807, 2.05) is 19.0 Å². The van der Waals surface area contributed by atoms with Crippen molar-refractivity contribution in [2.75, 3.05) is 25.0 Å². The predicted molar refractivity (Wildman–Crippen MR) is 110 cm³/mol. The lowest BCUT2D eigenvalue weighted by atomic mass is 10.0. The number of fused-ring (bicyclic) bond motifs is 1. The molecule has 0 saturated carbocycles. The van der Waals surface area contributed by atoms with Crippen molar-refractivity contribution in [2.24, 2.45) is 7.05 Å². The van der Waals surface area contributed by atoms with E-state index in [1.54, 1.807) is 28.4 Å². The summed E-state index contributed by atoms with van der Waals surface area (Å²) in [5.41, 5.74) is 4.30. The molecule has 0 atom stereocenters. The van der Waals surface area contributed by atoms with Crippen molar-refractivity contribution in [3.05, 3.63) is 41.2 Å². The number of benzene rings is 1. The monoisotopic (exact) mass is 383 g/mol. The van der Waals surface area contributed by atoms with Crippen LogP contribution in [0.15, 0.2) is 24.5 Å². The highest BCUT2D eigenvalue weighted by Gasteiger charge is 2.28. The summed E-state index contributed by atoms with van der Waals surface area (Å²) in [4.78, 5) is 21.8. The number of anilines is 1. The number of piperidine rings is 1. The number of rotatable bonds is 3. The molecule has 0 bridgehead atoms. The molecule has 4 rings (SSSR count). The number of aromatic nitrogens is 3. The van der Waals surface area contributed by atoms with Gasteiger partial charge in [0, 0.05) is 39.4 Å². The summed E-state index contributed by atoms with van der Waals surface area (Å²) in [5.74, 6) is 0.0489. The van der Waals surface area contributed by atoms with Crippen LogP contribution in [0.2, 0.25) is 0 Å². The molecular weight excluding hydrogens is 358 g/mol. The Morgan fingerprint density at radius 1 is 1.22 bits per heavy atom. The fourth-order valence-electron chi connectivity index (χ4n) is 3.73. The highest BCUT2D eigenvalue weighted by molar-refractivity contribution is 7.22. The second-order valence-electron chi connectivity index (χ2n) is 7.41. The number of carbonyl (C=O) groups excluding carboxylic acids is 1. The zero-order valence-electron chi connectivity index (χ0n) is 16.3. The van der Waals surface area contributed by atoms with Gasteiger partial charge in [-0.1, -0.05) is 23.5 Å². The summed E-state index contributed by atoms with van der Waals surface area (Å²) in [6.45, 7) is 6.12. The number of nitrogens with zero attached hydrogens (tertiary/aromatic N) is 5. The van der Waals surface area contributed by atoms with E-state index in [0.29, 0.717) is 5.56 Å². The largest absolute Gasteiger partial charge is 0.348 e. The molecule has 1 saturated heterocycles. The van der Waals surface area contributed by atoms with Crippen LogP contribution in [0.25, 0.3) is 10.2 Å². The van der Waals surface area contributed by atoms with E-state index in [2.05, 4.69) is 36.0 Å². The van der Waals surface area contributed by atoms with Crippen LogP contribution in [0, 0.1) is 13.8 Å². The molecule has 7 heteroatoms. The Morgan fingerprint density at radius 3 is 2.56 bits per heavy atom. The van der Waals surface area contributed by atoms with Gasteiger partial charge >= 0.3 is 0 Å². The third kappa shape index (κ3) is 3.32. The summed E-state index contributed by atoms with van der Waals surface area (Å²) in [6, 6.07) is 4.57. The van der Waals surface area contributed by atoms with E-state index in [1.165, 1.54) is 15.8 Å². The standard InChI is InChI=1S/C20H25N5OS/c1-13-5-6-14(2)18-17(13)22-20(27-18)25-9-7-16(8-10-25)24(4)19(26)15-11-21-23(3)12-15/h5-6,11-12,16H,7-10H2,1-4H3. The molecule has 3 heterocycles. The van der Waals surface area contributed by atoms with E-state index < -0.39 is 0 Å². The first-order valence-corrected chi connectivity index (χ1v) is 10.1. The van der Waals surface area contributed by atoms with E-state index in [-0.39, 0.29) is 11.9 Å². The number of amides is 1. The van der Waals surface area contributed by atoms with Gasteiger partial charge in [-0.25, -0.2) is 4.98 Å². The topological polar surface area (TPSA) is 54.3 Å². The molecule has 1 amide bonds. The molecule has 2 aromatic heterocycles. The van der Waals surface area contributed by atoms with Gasteiger partial charge in [0.2, 0.25) is 0 Å². The minimum atomic E-state index is 0.0489. The van der Waals surface area contributed by atoms with Gasteiger partial charge in [-0.15, -0.1) is 0 Å². The lowest BCUT2D eigenvalue weighted by Crippen LogP contribution is -2.45. The van der Waals surface area contributed by atoms with E-state index >= 15 is 0 Å². The molecule has 3 aromatic rings. The van der Waals surface area contributed by atoms with Gasteiger partial charge in [0.1, 0.15) is 0 Å². The number of hydrogen-bond donors (Lipinski definition) is 0. The molecule has 1 aromatic carbocycles. The average Bonchev–Trinajstić information content (AvgIpc) is 3.31. The molecule has 27 heavy (non-hydrogen) atoms. The number of carbonyl (C=O) groups is 1. The fraction of sp³-hybridized carbons (Fsp3) is 0.450. The van der Waals surface area contributed by atoms with Crippen molar-refractivity contribution in [3.63, 3.8) is 0 Å². The Hall–Kier alpha value is -2.41. The van der Waals surface area contributed by atoms with Crippen LogP contribution in [0.1, 0.15) is 34.3 Å². The molecule has 0 aliphatic carbocycles. The Bertz CT molecular complexity index is 945. The quantitative estimate of drug-likeness (QED) is 0.696. The minimum Gasteiger partial charge on any atom is -0.348 e. The molecule has 0 spiro atoms. The molecule has 0 N–H and O–H groups in total. The predicted octanol–water partition coefficient (Wildman–Crippen LogP) is 3.39. The maximum Gasteiger partial charge on any atom is 0.257 e. The first-order valence-electron chi connectivity index (χ1n) is 9.31. The lowest BCUT2D eigenvalue weighted by Gasteiger charge is -2.36. The lowest BCUT2D eigenvalue weighted by molar-refractivity contribution is 0.0709. The first-order chi connectivity index (χ1) is 12.9. The SMILES string of the molecule is Cc1ccc(C)c2sc(N3CCC(N(C)C(=O)c4cnn(C)c4)CC3)nc12. The zero-order chi connectivity index (χ0) is 19.1. The van der Waals surface area contributed by atoms with Gasteiger partial charge in [-0.05, 0) is 37.8 Å². The first kappa shape index (κ1) is 18.0. The zero-order valence-corrected chi connectivity index (χ0v) is 17.1. The summed E-state index contributed by atoms with van der Waals surface area (Å²) in [5, 5.41) is 5.21. The van der Waals surface area contributed by atoms with Crippen LogP contribution < -0.4 is 4.90 Å². The van der Waals surface area contributed by atoms with Crippen molar-refractivity contribution in [2.45, 2.75) is 32.7 Å². The number of thiazole rings is 1. The molecule has 6 nitrogen and oxygen atoms in total. The summed E-state index contributed by atoms with van der Waals surface area (Å²) < 4.78 is 2.96. The Labute approximate surface area is 163 Å². The van der Waals surface area contributed by atoms with Crippen molar-refractivity contribution >= 4 is 32.6 Å². The Kier molecular flexibility index (Phi) is 4.63. The van der Waals surface area contributed by atoms with E-state index in [0.717, 1.165) is 36.6 Å². The number of hydrogen-bond acceptors (Lipinski definition) is 5. The van der Waals surface area contributed by atoms with Crippen LogP contribution >= 0.6 is 11.3 Å². The van der Waals surface area contributed by atoms with Gasteiger partial charge < -0.3 is 9.80 Å². The van der Waals surface area contributed by atoms with Crippen LogP contribution in [-0.4, -0.2) is 51.8 Å². The van der Waals surface area contributed by atoms with Crippen molar-refractivity contribution in [1.29, 1.82) is 0 Å². The highest BCUT2D eigenvalue weighted by Crippen LogP contribution is 2.34. The van der Waals surface area contributed by atoms with Crippen molar-refractivity contribution in [1.82, 2.24) is 19.7 Å². The molecule has 142 valence electrons. The third-order valence-electron chi connectivity index (χ3n) is 5.49. The van der Waals surface area contributed by atoms with Gasteiger partial charge in [0.25, 0.3) is 5.91 Å². The van der Waals surface area contributed by atoms with Gasteiger partial charge in [-0.3, -0.25) is 9.48 Å². The minimum absolute atomic E-state index is 0.0489. The molecule has 1 aliphatic heterocycles. The van der Waals surface area contributed by atoms with Gasteiger partial charge in [-0.2, -0.15) is 5.10 Å². The highest BCUT2D eigenvalue weighted by atomic mass is 32.1. The molecule has 0 radical (unpaired) electrons. The fourth-order valence-corrected chi connectivity index (χ4v) is 4.89. The van der Waals surface area contributed by atoms with E-state index in [9.17, 15) is 4.79 Å². The molecule has 1 aliphatic rings. The van der Waals surface area contributed by atoms with Crippen LogP contribution in [-0.2, 0) is 7.05 Å². The maximum atomic E-state index is 12.6. The van der Waals surface area contributed by atoms with Crippen molar-refractivity contribution < 1.29 is 4.79 Å². The summed E-state index contributed by atoms with van der Waals surface area (Å²) >= 11 is 1.78. The average molecular weight is 384 g/mol. The van der Waals surface area contributed by atoms with Gasteiger partial charge in [0.15, 0.2) is 5.13 Å². The van der Waals surface area contributed by atoms with Crippen molar-refractivity contribution in [3.8, 4) is 0 Å². The van der Waals surface area contributed by atoms with Gasteiger partial charge in [0.05, 0.1) is 22.0 Å². The van der Waals surface area contributed by atoms with Crippen LogP contribution in [0.3, 0.4) is 0 Å². The Balaban J connectivity index is 1.45.